The van der Waals surface area contributed by atoms with E-state index in [4.69, 9.17) is 14.2 Å². The van der Waals surface area contributed by atoms with Crippen LogP contribution in [0.5, 0.6) is 11.5 Å². The molecule has 0 amide bonds. The lowest BCUT2D eigenvalue weighted by atomic mass is 10.1. The first-order valence-electron chi connectivity index (χ1n) is 7.25. The Bertz CT molecular complexity index is 583. The molecule has 0 aliphatic rings. The maximum atomic E-state index is 5.32. The number of ether oxygens (including phenoxy) is 3. The highest BCUT2D eigenvalue weighted by Crippen LogP contribution is 2.27. The third kappa shape index (κ3) is 4.73. The molecule has 4 nitrogen and oxygen atoms in total. The van der Waals surface area contributed by atoms with Crippen LogP contribution in [0.4, 0.5) is 0 Å². The topological polar surface area (TPSA) is 39.7 Å². The maximum Gasteiger partial charge on any atom is 0.160 e. The summed E-state index contributed by atoms with van der Waals surface area (Å²) in [6, 6.07) is 10.3. The summed E-state index contributed by atoms with van der Waals surface area (Å²) in [5, 5.41) is 3.47. The quantitative estimate of drug-likeness (QED) is 0.720. The number of hydrogen-bond acceptors (Lipinski definition) is 5. The summed E-state index contributed by atoms with van der Waals surface area (Å²) in [7, 11) is 5.03. The van der Waals surface area contributed by atoms with Gasteiger partial charge in [-0.1, -0.05) is 6.07 Å². The molecule has 0 radical (unpaired) electrons. The molecule has 0 atom stereocenters. The molecule has 120 valence electrons. The van der Waals surface area contributed by atoms with E-state index in [0.29, 0.717) is 6.61 Å². The van der Waals surface area contributed by atoms with Gasteiger partial charge in [-0.2, -0.15) is 0 Å². The van der Waals surface area contributed by atoms with Crippen LogP contribution >= 0.6 is 11.3 Å². The SMILES string of the molecule is COCc1ccc(CNCCc2ccc(OC)c(OC)c2)s1. The standard InChI is InChI=1S/C17H23NO3S/c1-19-12-15-6-5-14(22-15)11-18-9-8-13-4-7-16(20-2)17(10-13)21-3/h4-7,10,18H,8-9,11-12H2,1-3H3. The maximum absolute atomic E-state index is 5.32. The molecule has 2 rings (SSSR count). The lowest BCUT2D eigenvalue weighted by Gasteiger charge is -2.09. The summed E-state index contributed by atoms with van der Waals surface area (Å²) >= 11 is 1.79. The van der Waals surface area contributed by atoms with E-state index in [0.717, 1.165) is 31.0 Å². The summed E-state index contributed by atoms with van der Waals surface area (Å²) in [4.78, 5) is 2.60. The van der Waals surface area contributed by atoms with Crippen molar-refractivity contribution in [3.63, 3.8) is 0 Å². The summed E-state index contributed by atoms with van der Waals surface area (Å²) < 4.78 is 15.7. The van der Waals surface area contributed by atoms with Gasteiger partial charge in [0.2, 0.25) is 0 Å². The van der Waals surface area contributed by atoms with Crippen molar-refractivity contribution in [3.8, 4) is 11.5 Å². The lowest BCUT2D eigenvalue weighted by molar-refractivity contribution is 0.187. The average molecular weight is 321 g/mol. The monoisotopic (exact) mass is 321 g/mol. The van der Waals surface area contributed by atoms with Crippen LogP contribution in [0.25, 0.3) is 0 Å². The summed E-state index contributed by atoms with van der Waals surface area (Å²) in [6.07, 6.45) is 0.955. The zero-order valence-corrected chi connectivity index (χ0v) is 14.2. The van der Waals surface area contributed by atoms with Gasteiger partial charge in [0.25, 0.3) is 0 Å². The molecule has 0 saturated heterocycles. The molecule has 1 heterocycles. The fourth-order valence-electron chi connectivity index (χ4n) is 2.22. The van der Waals surface area contributed by atoms with Gasteiger partial charge in [-0.05, 0) is 42.8 Å². The highest BCUT2D eigenvalue weighted by Gasteiger charge is 2.04. The molecule has 0 aliphatic carbocycles. The highest BCUT2D eigenvalue weighted by atomic mass is 32.1. The van der Waals surface area contributed by atoms with Crippen molar-refractivity contribution >= 4 is 11.3 Å². The number of rotatable bonds is 9. The minimum Gasteiger partial charge on any atom is -0.493 e. The van der Waals surface area contributed by atoms with Crippen LogP contribution in [0.15, 0.2) is 30.3 Å². The Morgan fingerprint density at radius 2 is 1.73 bits per heavy atom. The van der Waals surface area contributed by atoms with Crippen molar-refractivity contribution in [2.24, 2.45) is 0 Å². The smallest absolute Gasteiger partial charge is 0.160 e. The van der Waals surface area contributed by atoms with Gasteiger partial charge in [0.15, 0.2) is 11.5 Å². The minimum atomic E-state index is 0.691. The molecular weight excluding hydrogens is 298 g/mol. The second kappa shape index (κ2) is 8.78. The molecule has 0 fully saturated rings. The fourth-order valence-corrected chi connectivity index (χ4v) is 3.18. The third-order valence-corrected chi connectivity index (χ3v) is 4.40. The zero-order valence-electron chi connectivity index (χ0n) is 13.3. The number of methoxy groups -OCH3 is 3. The molecule has 0 saturated carbocycles. The first kappa shape index (κ1) is 16.8. The van der Waals surface area contributed by atoms with Crippen LogP contribution in [0.3, 0.4) is 0 Å². The Morgan fingerprint density at radius 1 is 0.955 bits per heavy atom. The Kier molecular flexibility index (Phi) is 6.71. The van der Waals surface area contributed by atoms with E-state index < -0.39 is 0 Å². The molecule has 0 spiro atoms. The van der Waals surface area contributed by atoms with Crippen LogP contribution in [-0.2, 0) is 24.3 Å². The highest BCUT2D eigenvalue weighted by molar-refractivity contribution is 7.11. The molecule has 22 heavy (non-hydrogen) atoms. The van der Waals surface area contributed by atoms with Gasteiger partial charge in [-0.25, -0.2) is 0 Å². The lowest BCUT2D eigenvalue weighted by Crippen LogP contribution is -2.15. The van der Waals surface area contributed by atoms with Crippen molar-refractivity contribution in [2.45, 2.75) is 19.6 Å². The number of hydrogen-bond donors (Lipinski definition) is 1. The van der Waals surface area contributed by atoms with Gasteiger partial charge in [-0.3, -0.25) is 0 Å². The summed E-state index contributed by atoms with van der Waals surface area (Å²) in [6.45, 7) is 2.50. The summed E-state index contributed by atoms with van der Waals surface area (Å²) in [5.41, 5.74) is 1.23. The molecule has 2 aromatic rings. The normalized spacial score (nSPS) is 10.7. The van der Waals surface area contributed by atoms with Gasteiger partial charge in [0.1, 0.15) is 0 Å². The molecule has 0 aliphatic heterocycles. The Morgan fingerprint density at radius 3 is 2.45 bits per heavy atom. The van der Waals surface area contributed by atoms with Crippen molar-refractivity contribution in [2.75, 3.05) is 27.9 Å². The average Bonchev–Trinajstić information content (AvgIpc) is 2.99. The molecule has 1 aromatic heterocycles. The second-order valence-electron chi connectivity index (χ2n) is 4.92. The molecule has 5 heteroatoms. The Labute approximate surface area is 136 Å². The van der Waals surface area contributed by atoms with E-state index in [1.165, 1.54) is 15.3 Å². The van der Waals surface area contributed by atoms with E-state index in [-0.39, 0.29) is 0 Å². The van der Waals surface area contributed by atoms with Gasteiger partial charge in [0, 0.05) is 23.4 Å². The van der Waals surface area contributed by atoms with E-state index in [1.807, 2.05) is 12.1 Å². The molecule has 0 bridgehead atoms. The predicted molar refractivity (Wildman–Crippen MR) is 90.0 cm³/mol. The van der Waals surface area contributed by atoms with E-state index >= 15 is 0 Å². The van der Waals surface area contributed by atoms with Crippen LogP contribution in [0.1, 0.15) is 15.3 Å². The van der Waals surface area contributed by atoms with Crippen molar-refractivity contribution < 1.29 is 14.2 Å². The first-order valence-corrected chi connectivity index (χ1v) is 8.06. The van der Waals surface area contributed by atoms with Crippen LogP contribution in [0, 0.1) is 0 Å². The Hall–Kier alpha value is -1.56. The van der Waals surface area contributed by atoms with Crippen molar-refractivity contribution in [3.05, 3.63) is 45.6 Å². The predicted octanol–water partition coefficient (Wildman–Crippen LogP) is 3.24. The third-order valence-electron chi connectivity index (χ3n) is 3.34. The van der Waals surface area contributed by atoms with Crippen LogP contribution < -0.4 is 14.8 Å². The van der Waals surface area contributed by atoms with Gasteiger partial charge < -0.3 is 19.5 Å². The molecular formula is C17H23NO3S. The van der Waals surface area contributed by atoms with Gasteiger partial charge in [-0.15, -0.1) is 11.3 Å². The first-order chi connectivity index (χ1) is 10.8. The minimum absolute atomic E-state index is 0.691. The van der Waals surface area contributed by atoms with Crippen molar-refractivity contribution in [1.82, 2.24) is 5.32 Å². The largest absolute Gasteiger partial charge is 0.493 e. The van der Waals surface area contributed by atoms with E-state index in [9.17, 15) is 0 Å². The Balaban J connectivity index is 1.78. The fraction of sp³-hybridized carbons (Fsp3) is 0.412. The molecule has 1 aromatic carbocycles. The zero-order chi connectivity index (χ0) is 15.8. The molecule has 0 unspecified atom stereocenters. The second-order valence-corrected chi connectivity index (χ2v) is 6.17. The van der Waals surface area contributed by atoms with Gasteiger partial charge in [0.05, 0.1) is 20.8 Å². The van der Waals surface area contributed by atoms with E-state index in [2.05, 4.69) is 23.5 Å². The summed E-state index contributed by atoms with van der Waals surface area (Å²) in [5.74, 6) is 1.55. The van der Waals surface area contributed by atoms with Crippen LogP contribution in [-0.4, -0.2) is 27.9 Å². The van der Waals surface area contributed by atoms with E-state index in [1.54, 1.807) is 32.7 Å². The van der Waals surface area contributed by atoms with Gasteiger partial charge >= 0.3 is 0 Å². The number of nitrogens with one attached hydrogen (secondary N) is 1. The van der Waals surface area contributed by atoms with Crippen molar-refractivity contribution in [1.29, 1.82) is 0 Å². The molecule has 1 N–H and O–H groups in total. The number of benzene rings is 1. The number of thiophene rings is 1. The van der Waals surface area contributed by atoms with Crippen LogP contribution in [0.2, 0.25) is 0 Å².